The Morgan fingerprint density at radius 2 is 1.45 bits per heavy atom. The number of hydrogen-bond acceptors (Lipinski definition) is 3. The molecule has 0 unspecified atom stereocenters. The molecule has 0 bridgehead atoms. The minimum atomic E-state index is -4.24. The fourth-order valence-corrected chi connectivity index (χ4v) is 5.08. The van der Waals surface area contributed by atoms with Crippen molar-refractivity contribution in [1.29, 1.82) is 0 Å². The molecule has 0 saturated carbocycles. The largest absolute Gasteiger partial charge is 0.343 e. The highest BCUT2D eigenvalue weighted by molar-refractivity contribution is 7.94. The monoisotopic (exact) mass is 434 g/mol. The number of carbonyl (C=O) groups excluding carboxylic acids is 1. The molecule has 0 aromatic heterocycles. The van der Waals surface area contributed by atoms with E-state index in [4.69, 9.17) is 11.6 Å². The molecule has 5 nitrogen and oxygen atoms in total. The van der Waals surface area contributed by atoms with Crippen molar-refractivity contribution in [1.82, 2.24) is 0 Å². The highest BCUT2D eigenvalue weighted by Gasteiger charge is 2.43. The first-order chi connectivity index (χ1) is 13.8. The number of benzene rings is 3. The molecule has 148 valence electrons. The molecule has 1 aliphatic rings. The number of nitrogens with zero attached hydrogens (tertiary/aromatic N) is 2. The van der Waals surface area contributed by atoms with Gasteiger partial charge in [-0.05, 0) is 42.0 Å². The summed E-state index contributed by atoms with van der Waals surface area (Å²) in [5.41, 5.74) is 0.277. The number of sulfonamides is 1. The van der Waals surface area contributed by atoms with Crippen molar-refractivity contribution < 1.29 is 22.0 Å². The Bertz CT molecular complexity index is 1210. The van der Waals surface area contributed by atoms with Crippen LogP contribution >= 0.6 is 11.6 Å². The van der Waals surface area contributed by atoms with Gasteiger partial charge in [-0.2, -0.15) is 4.31 Å². The van der Waals surface area contributed by atoms with Gasteiger partial charge in [-0.25, -0.2) is 22.0 Å². The molecule has 0 fully saturated rings. The minimum Gasteiger partial charge on any atom is -0.287 e. The van der Waals surface area contributed by atoms with Crippen LogP contribution in [0.2, 0.25) is 5.02 Å². The summed E-state index contributed by atoms with van der Waals surface area (Å²) < 4.78 is 54.2. The number of carbonyl (C=O) groups is 1. The zero-order valence-electron chi connectivity index (χ0n) is 14.7. The van der Waals surface area contributed by atoms with Crippen molar-refractivity contribution in [3.05, 3.63) is 89.0 Å². The Morgan fingerprint density at radius 3 is 2.10 bits per heavy atom. The summed E-state index contributed by atoms with van der Waals surface area (Å²) in [4.78, 5) is 14.3. The molecule has 0 atom stereocenters. The molecular formula is C20H13ClF2N2O3S. The lowest BCUT2D eigenvalue weighted by Gasteiger charge is -2.36. The number of para-hydroxylation sites is 2. The van der Waals surface area contributed by atoms with Crippen molar-refractivity contribution in [2.45, 2.75) is 11.4 Å². The second-order valence-corrected chi connectivity index (χ2v) is 8.50. The molecule has 0 radical (unpaired) electrons. The lowest BCUT2D eigenvalue weighted by molar-refractivity contribution is 0.253. The molecule has 9 heteroatoms. The van der Waals surface area contributed by atoms with Gasteiger partial charge in [-0.3, -0.25) is 4.90 Å². The van der Waals surface area contributed by atoms with Crippen molar-refractivity contribution in [3.63, 3.8) is 0 Å². The first-order valence-electron chi connectivity index (χ1n) is 8.44. The smallest absolute Gasteiger partial charge is 0.287 e. The SMILES string of the molecule is O=C1N(Cc2cc(F)cc(F)c2)c2ccccc2S(=O)(=O)N1c1ccccc1Cl. The minimum absolute atomic E-state index is 0.0101. The second kappa shape index (κ2) is 7.13. The molecule has 1 heterocycles. The number of anilines is 2. The number of hydrogen-bond donors (Lipinski definition) is 0. The average Bonchev–Trinajstić information content (AvgIpc) is 2.66. The molecule has 29 heavy (non-hydrogen) atoms. The predicted molar refractivity (Wildman–Crippen MR) is 105 cm³/mol. The molecule has 2 amide bonds. The Kier molecular flexibility index (Phi) is 4.76. The summed E-state index contributed by atoms with van der Waals surface area (Å²) >= 11 is 6.15. The first kappa shape index (κ1) is 19.4. The normalized spacial score (nSPS) is 15.3. The van der Waals surface area contributed by atoms with E-state index in [2.05, 4.69) is 0 Å². The van der Waals surface area contributed by atoms with E-state index in [1.54, 1.807) is 18.2 Å². The van der Waals surface area contributed by atoms with Gasteiger partial charge in [0.05, 0.1) is 22.9 Å². The second-order valence-electron chi connectivity index (χ2n) is 6.33. The van der Waals surface area contributed by atoms with E-state index in [1.165, 1.54) is 30.3 Å². The van der Waals surface area contributed by atoms with E-state index in [9.17, 15) is 22.0 Å². The maximum atomic E-state index is 13.6. The van der Waals surface area contributed by atoms with E-state index in [1.807, 2.05) is 0 Å². The van der Waals surface area contributed by atoms with Crippen LogP contribution in [0.25, 0.3) is 0 Å². The van der Waals surface area contributed by atoms with Crippen molar-refractivity contribution >= 4 is 39.0 Å². The van der Waals surface area contributed by atoms with Gasteiger partial charge in [-0.1, -0.05) is 35.9 Å². The van der Waals surface area contributed by atoms with Gasteiger partial charge < -0.3 is 0 Å². The zero-order valence-corrected chi connectivity index (χ0v) is 16.3. The fraction of sp³-hybridized carbons (Fsp3) is 0.0500. The molecule has 0 aliphatic carbocycles. The molecule has 1 aliphatic heterocycles. The molecule has 0 saturated heterocycles. The van der Waals surface area contributed by atoms with Gasteiger partial charge in [0.1, 0.15) is 16.5 Å². The Labute approximate surface area is 170 Å². The summed E-state index contributed by atoms with van der Waals surface area (Å²) in [6.45, 7) is -0.235. The number of halogens is 3. The predicted octanol–water partition coefficient (Wildman–Crippen LogP) is 4.95. The highest BCUT2D eigenvalue weighted by Crippen LogP contribution is 2.40. The van der Waals surface area contributed by atoms with Crippen molar-refractivity contribution in [3.8, 4) is 0 Å². The molecule has 4 rings (SSSR count). The van der Waals surface area contributed by atoms with Gasteiger partial charge >= 0.3 is 6.03 Å². The van der Waals surface area contributed by atoms with Crippen LogP contribution in [0.4, 0.5) is 25.0 Å². The van der Waals surface area contributed by atoms with E-state index < -0.39 is 27.7 Å². The van der Waals surface area contributed by atoms with Crippen LogP contribution in [0.15, 0.2) is 71.6 Å². The van der Waals surface area contributed by atoms with Crippen molar-refractivity contribution in [2.75, 3.05) is 9.21 Å². The van der Waals surface area contributed by atoms with Crippen LogP contribution in [-0.4, -0.2) is 14.4 Å². The number of rotatable bonds is 3. The third-order valence-corrected chi connectivity index (χ3v) is 6.47. The maximum Gasteiger partial charge on any atom is 0.343 e. The van der Waals surface area contributed by atoms with Gasteiger partial charge in [0, 0.05) is 6.07 Å². The van der Waals surface area contributed by atoms with Crippen LogP contribution in [-0.2, 0) is 16.6 Å². The van der Waals surface area contributed by atoms with Crippen molar-refractivity contribution in [2.24, 2.45) is 0 Å². The van der Waals surface area contributed by atoms with Crippen LogP contribution in [0.5, 0.6) is 0 Å². The fourth-order valence-electron chi connectivity index (χ4n) is 3.20. The van der Waals surface area contributed by atoms with Gasteiger partial charge in [0.25, 0.3) is 10.0 Å². The summed E-state index contributed by atoms with van der Waals surface area (Å²) in [5, 5.41) is 0.0700. The molecule has 3 aromatic rings. The standard InChI is InChI=1S/C20H13ClF2N2O3S/c21-16-5-1-2-6-17(16)25-20(26)24(12-13-9-14(22)11-15(23)10-13)18-7-3-4-8-19(18)29(25,27)28/h1-11H,12H2. The van der Waals surface area contributed by atoms with Gasteiger partial charge in [0.15, 0.2) is 0 Å². The average molecular weight is 435 g/mol. The van der Waals surface area contributed by atoms with Crippen LogP contribution < -0.4 is 9.21 Å². The zero-order chi connectivity index (χ0) is 20.8. The summed E-state index contributed by atoms with van der Waals surface area (Å²) in [6.07, 6.45) is 0. The van der Waals surface area contributed by atoms with Gasteiger partial charge in [0.2, 0.25) is 0 Å². The third kappa shape index (κ3) is 3.34. The van der Waals surface area contributed by atoms with Gasteiger partial charge in [-0.15, -0.1) is 0 Å². The summed E-state index contributed by atoms with van der Waals surface area (Å²) in [5.74, 6) is -1.60. The highest BCUT2D eigenvalue weighted by atomic mass is 35.5. The molecular weight excluding hydrogens is 422 g/mol. The Morgan fingerprint density at radius 1 is 0.862 bits per heavy atom. The van der Waals surface area contributed by atoms with E-state index >= 15 is 0 Å². The van der Waals surface area contributed by atoms with Crippen LogP contribution in [0.3, 0.4) is 0 Å². The Balaban J connectivity index is 1.89. The van der Waals surface area contributed by atoms with E-state index in [-0.39, 0.29) is 33.4 Å². The van der Waals surface area contributed by atoms with E-state index in [0.717, 1.165) is 23.1 Å². The molecule has 3 aromatic carbocycles. The first-order valence-corrected chi connectivity index (χ1v) is 10.3. The lowest BCUT2D eigenvalue weighted by Crippen LogP contribution is -2.50. The molecule has 0 spiro atoms. The topological polar surface area (TPSA) is 57.7 Å². The number of urea groups is 1. The van der Waals surface area contributed by atoms with E-state index in [0.29, 0.717) is 4.31 Å². The number of fused-ring (bicyclic) bond motifs is 1. The summed E-state index contributed by atoms with van der Waals surface area (Å²) in [6, 6.07) is 13.9. The summed E-state index contributed by atoms with van der Waals surface area (Å²) in [7, 11) is -4.24. The lowest BCUT2D eigenvalue weighted by atomic mass is 10.2. The molecule has 0 N–H and O–H groups in total. The quantitative estimate of drug-likeness (QED) is 0.585. The maximum absolute atomic E-state index is 13.6. The Hall–Kier alpha value is -2.97. The van der Waals surface area contributed by atoms with Crippen LogP contribution in [0.1, 0.15) is 5.56 Å². The number of amides is 2. The third-order valence-electron chi connectivity index (χ3n) is 4.41. The van der Waals surface area contributed by atoms with Crippen LogP contribution in [0, 0.1) is 11.6 Å².